The van der Waals surface area contributed by atoms with E-state index in [4.69, 9.17) is 9.84 Å². The minimum absolute atomic E-state index is 0.136. The molecule has 2 saturated heterocycles. The number of amides is 2. The monoisotopic (exact) mass is 270 g/mol. The smallest absolute Gasteiger partial charge is 0.317 e. The van der Waals surface area contributed by atoms with Gasteiger partial charge in [-0.1, -0.05) is 0 Å². The largest absolute Gasteiger partial charge is 0.481 e. The van der Waals surface area contributed by atoms with Gasteiger partial charge in [-0.3, -0.25) is 4.79 Å². The van der Waals surface area contributed by atoms with Gasteiger partial charge in [-0.15, -0.1) is 0 Å². The highest BCUT2D eigenvalue weighted by molar-refractivity contribution is 5.78. The second-order valence-corrected chi connectivity index (χ2v) is 5.41. The van der Waals surface area contributed by atoms with Gasteiger partial charge in [0.25, 0.3) is 0 Å². The van der Waals surface area contributed by atoms with Crippen LogP contribution in [-0.2, 0) is 9.53 Å². The van der Waals surface area contributed by atoms with Crippen molar-refractivity contribution in [2.75, 3.05) is 26.3 Å². The first kappa shape index (κ1) is 14.1. The molecule has 2 unspecified atom stereocenters. The Labute approximate surface area is 113 Å². The Kier molecular flexibility index (Phi) is 4.63. The molecular weight excluding hydrogens is 248 g/mol. The number of likely N-dealkylation sites (tertiary alicyclic amines) is 1. The lowest BCUT2D eigenvalue weighted by molar-refractivity contribution is -0.142. The van der Waals surface area contributed by atoms with Crippen molar-refractivity contribution in [2.24, 2.45) is 11.8 Å². The predicted octanol–water partition coefficient (Wildman–Crippen LogP) is 0.918. The molecule has 6 nitrogen and oxygen atoms in total. The quantitative estimate of drug-likeness (QED) is 0.799. The van der Waals surface area contributed by atoms with Gasteiger partial charge >= 0.3 is 12.0 Å². The van der Waals surface area contributed by atoms with Crippen LogP contribution < -0.4 is 5.32 Å². The van der Waals surface area contributed by atoms with E-state index in [-0.39, 0.29) is 12.1 Å². The summed E-state index contributed by atoms with van der Waals surface area (Å²) in [4.78, 5) is 24.7. The SMILES string of the molecule is CC1C(C(=O)O)CCN1C(=O)NCC1CCOCC1. The molecule has 0 bridgehead atoms. The topological polar surface area (TPSA) is 78.9 Å². The van der Waals surface area contributed by atoms with Crippen molar-refractivity contribution < 1.29 is 19.4 Å². The number of ether oxygens (including phenoxy) is 1. The van der Waals surface area contributed by atoms with Crippen LogP contribution in [-0.4, -0.2) is 54.4 Å². The summed E-state index contributed by atoms with van der Waals surface area (Å²) in [7, 11) is 0. The third-order valence-corrected chi connectivity index (χ3v) is 4.22. The van der Waals surface area contributed by atoms with E-state index in [1.54, 1.807) is 11.8 Å². The Bertz CT molecular complexity index is 342. The maximum atomic E-state index is 12.1. The second-order valence-electron chi connectivity index (χ2n) is 5.41. The minimum Gasteiger partial charge on any atom is -0.481 e. The Morgan fingerprint density at radius 3 is 2.58 bits per heavy atom. The summed E-state index contributed by atoms with van der Waals surface area (Å²) >= 11 is 0. The van der Waals surface area contributed by atoms with Crippen molar-refractivity contribution >= 4 is 12.0 Å². The number of nitrogens with zero attached hydrogens (tertiary/aromatic N) is 1. The van der Waals surface area contributed by atoms with Crippen LogP contribution in [0.25, 0.3) is 0 Å². The number of rotatable bonds is 3. The molecule has 2 amide bonds. The van der Waals surface area contributed by atoms with Gasteiger partial charge < -0.3 is 20.1 Å². The fourth-order valence-electron chi connectivity index (χ4n) is 2.84. The fraction of sp³-hybridized carbons (Fsp3) is 0.846. The average molecular weight is 270 g/mol. The van der Waals surface area contributed by atoms with Gasteiger partial charge in [-0.05, 0) is 32.1 Å². The number of aliphatic carboxylic acids is 1. The average Bonchev–Trinajstić information content (AvgIpc) is 2.79. The number of carbonyl (C=O) groups is 2. The van der Waals surface area contributed by atoms with Crippen LogP contribution in [0.15, 0.2) is 0 Å². The van der Waals surface area contributed by atoms with Gasteiger partial charge in [-0.2, -0.15) is 0 Å². The van der Waals surface area contributed by atoms with Gasteiger partial charge in [0, 0.05) is 32.3 Å². The van der Waals surface area contributed by atoms with E-state index in [1.807, 2.05) is 0 Å². The van der Waals surface area contributed by atoms with Gasteiger partial charge in [0.05, 0.1) is 5.92 Å². The van der Waals surface area contributed by atoms with Gasteiger partial charge in [0.2, 0.25) is 0 Å². The number of hydrogen-bond acceptors (Lipinski definition) is 3. The molecule has 0 saturated carbocycles. The van der Waals surface area contributed by atoms with Crippen LogP contribution in [0.3, 0.4) is 0 Å². The zero-order valence-electron chi connectivity index (χ0n) is 11.3. The molecule has 0 aromatic rings. The van der Waals surface area contributed by atoms with Gasteiger partial charge in [0.15, 0.2) is 0 Å². The van der Waals surface area contributed by atoms with E-state index in [0.717, 1.165) is 26.1 Å². The van der Waals surface area contributed by atoms with E-state index in [2.05, 4.69) is 5.32 Å². The Balaban J connectivity index is 1.78. The molecule has 2 heterocycles. The lowest BCUT2D eigenvalue weighted by Crippen LogP contribution is -2.45. The first-order valence-corrected chi connectivity index (χ1v) is 6.94. The number of carboxylic acid groups (broad SMARTS) is 1. The van der Waals surface area contributed by atoms with Crippen molar-refractivity contribution in [3.63, 3.8) is 0 Å². The van der Waals surface area contributed by atoms with Crippen LogP contribution in [0.1, 0.15) is 26.2 Å². The van der Waals surface area contributed by atoms with Crippen LogP contribution in [0, 0.1) is 11.8 Å². The maximum Gasteiger partial charge on any atom is 0.317 e. The molecule has 2 N–H and O–H groups in total. The number of urea groups is 1. The summed E-state index contributed by atoms with van der Waals surface area (Å²) in [6.45, 7) is 4.52. The molecular formula is C13H22N2O4. The minimum atomic E-state index is -0.813. The second kappa shape index (κ2) is 6.23. The maximum absolute atomic E-state index is 12.1. The molecule has 0 radical (unpaired) electrons. The Morgan fingerprint density at radius 1 is 1.32 bits per heavy atom. The molecule has 0 aromatic carbocycles. The number of hydrogen-bond donors (Lipinski definition) is 2. The highest BCUT2D eigenvalue weighted by Gasteiger charge is 2.38. The summed E-state index contributed by atoms with van der Waals surface area (Å²) < 4.78 is 5.28. The molecule has 2 atom stereocenters. The molecule has 0 aliphatic carbocycles. The van der Waals surface area contributed by atoms with Crippen molar-refractivity contribution in [2.45, 2.75) is 32.2 Å². The molecule has 0 spiro atoms. The highest BCUT2D eigenvalue weighted by Crippen LogP contribution is 2.24. The molecule has 2 fully saturated rings. The number of nitrogens with one attached hydrogen (secondary N) is 1. The van der Waals surface area contributed by atoms with E-state index in [9.17, 15) is 9.59 Å². The van der Waals surface area contributed by atoms with E-state index >= 15 is 0 Å². The van der Waals surface area contributed by atoms with Crippen molar-refractivity contribution in [3.8, 4) is 0 Å². The fourth-order valence-corrected chi connectivity index (χ4v) is 2.84. The Hall–Kier alpha value is -1.30. The molecule has 2 rings (SSSR count). The first-order valence-electron chi connectivity index (χ1n) is 6.94. The third kappa shape index (κ3) is 3.37. The van der Waals surface area contributed by atoms with Crippen LogP contribution >= 0.6 is 0 Å². The summed E-state index contributed by atoms with van der Waals surface area (Å²) in [6.07, 6.45) is 2.50. The summed E-state index contributed by atoms with van der Waals surface area (Å²) in [6, 6.07) is -0.366. The third-order valence-electron chi connectivity index (χ3n) is 4.22. The molecule has 108 valence electrons. The molecule has 2 aliphatic heterocycles. The molecule has 6 heteroatoms. The zero-order valence-corrected chi connectivity index (χ0v) is 11.3. The lowest BCUT2D eigenvalue weighted by atomic mass is 10.0. The zero-order chi connectivity index (χ0) is 13.8. The summed E-state index contributed by atoms with van der Waals surface area (Å²) in [5.74, 6) is -0.771. The molecule has 0 aromatic heterocycles. The van der Waals surface area contributed by atoms with Crippen LogP contribution in [0.2, 0.25) is 0 Å². The van der Waals surface area contributed by atoms with Crippen LogP contribution in [0.5, 0.6) is 0 Å². The van der Waals surface area contributed by atoms with Gasteiger partial charge in [-0.25, -0.2) is 4.79 Å². The summed E-state index contributed by atoms with van der Waals surface area (Å²) in [5.41, 5.74) is 0. The normalized spacial score (nSPS) is 28.4. The number of carboxylic acids is 1. The highest BCUT2D eigenvalue weighted by atomic mass is 16.5. The predicted molar refractivity (Wildman–Crippen MR) is 68.9 cm³/mol. The van der Waals surface area contributed by atoms with Crippen molar-refractivity contribution in [1.29, 1.82) is 0 Å². The first-order chi connectivity index (χ1) is 9.09. The standard InChI is InChI=1S/C13H22N2O4/c1-9-11(12(16)17)2-5-15(9)13(18)14-8-10-3-6-19-7-4-10/h9-11H,2-8H2,1H3,(H,14,18)(H,16,17). The molecule has 2 aliphatic rings. The van der Waals surface area contributed by atoms with E-state index in [1.165, 1.54) is 0 Å². The Morgan fingerprint density at radius 2 is 2.00 bits per heavy atom. The van der Waals surface area contributed by atoms with E-state index < -0.39 is 11.9 Å². The lowest BCUT2D eigenvalue weighted by Gasteiger charge is -2.26. The number of carbonyl (C=O) groups excluding carboxylic acids is 1. The van der Waals surface area contributed by atoms with Crippen LogP contribution in [0.4, 0.5) is 4.79 Å². The summed E-state index contributed by atoms with van der Waals surface area (Å²) in [5, 5.41) is 12.0. The molecule has 19 heavy (non-hydrogen) atoms. The van der Waals surface area contributed by atoms with Crippen molar-refractivity contribution in [1.82, 2.24) is 10.2 Å². The van der Waals surface area contributed by atoms with E-state index in [0.29, 0.717) is 25.4 Å². The van der Waals surface area contributed by atoms with Crippen molar-refractivity contribution in [3.05, 3.63) is 0 Å². The van der Waals surface area contributed by atoms with Gasteiger partial charge in [0.1, 0.15) is 0 Å².